The van der Waals surface area contributed by atoms with E-state index < -0.39 is 0 Å². The van der Waals surface area contributed by atoms with Gasteiger partial charge in [-0.05, 0) is 42.4 Å². The fraction of sp³-hybridized carbons (Fsp3) is 0.222. The third kappa shape index (κ3) is 3.55. The molecule has 0 radical (unpaired) electrons. The second-order valence-corrected chi connectivity index (χ2v) is 6.34. The highest BCUT2D eigenvalue weighted by atomic mass is 35.5. The van der Waals surface area contributed by atoms with Gasteiger partial charge in [0.25, 0.3) is 5.56 Å². The molecule has 0 aliphatic rings. The van der Waals surface area contributed by atoms with Crippen LogP contribution in [-0.2, 0) is 13.0 Å². The summed E-state index contributed by atoms with van der Waals surface area (Å²) in [6.45, 7) is 0.472. The maximum absolute atomic E-state index is 12.9. The van der Waals surface area contributed by atoms with Crippen LogP contribution >= 0.6 is 23.8 Å². The van der Waals surface area contributed by atoms with E-state index in [1.807, 2.05) is 24.3 Å². The Morgan fingerprint density at radius 3 is 2.40 bits per heavy atom. The van der Waals surface area contributed by atoms with Gasteiger partial charge in [0, 0.05) is 17.6 Å². The highest BCUT2D eigenvalue weighted by Gasteiger charge is 2.11. The fourth-order valence-electron chi connectivity index (χ4n) is 2.67. The summed E-state index contributed by atoms with van der Waals surface area (Å²) in [4.78, 5) is 15.9. The Kier molecular flexibility index (Phi) is 5.11. The van der Waals surface area contributed by atoms with Crippen LogP contribution < -0.4 is 15.0 Å². The number of rotatable bonds is 5. The van der Waals surface area contributed by atoms with Gasteiger partial charge in [0.15, 0.2) is 16.3 Å². The van der Waals surface area contributed by atoms with E-state index in [1.165, 1.54) is 7.11 Å². The van der Waals surface area contributed by atoms with Gasteiger partial charge in [0.2, 0.25) is 0 Å². The molecule has 0 aliphatic heterocycles. The van der Waals surface area contributed by atoms with Crippen molar-refractivity contribution in [1.29, 1.82) is 0 Å². The number of ether oxygens (including phenoxy) is 2. The van der Waals surface area contributed by atoms with Gasteiger partial charge in [0.05, 0.1) is 25.1 Å². The summed E-state index contributed by atoms with van der Waals surface area (Å²) < 4.78 is 12.5. The van der Waals surface area contributed by atoms with Crippen molar-refractivity contribution >= 4 is 34.7 Å². The molecule has 1 heterocycles. The van der Waals surface area contributed by atoms with Crippen LogP contribution in [-0.4, -0.2) is 23.8 Å². The Morgan fingerprint density at radius 2 is 1.76 bits per heavy atom. The number of aromatic amines is 1. The summed E-state index contributed by atoms with van der Waals surface area (Å²) in [5.74, 6) is 1.04. The molecule has 7 heteroatoms. The lowest BCUT2D eigenvalue weighted by atomic mass is 10.1. The molecule has 130 valence electrons. The minimum Gasteiger partial charge on any atom is -0.493 e. The molecule has 0 fully saturated rings. The maximum Gasteiger partial charge on any atom is 0.262 e. The smallest absolute Gasteiger partial charge is 0.262 e. The van der Waals surface area contributed by atoms with Gasteiger partial charge in [-0.2, -0.15) is 0 Å². The molecule has 0 unspecified atom stereocenters. The van der Waals surface area contributed by atoms with Crippen molar-refractivity contribution in [3.8, 4) is 11.5 Å². The first-order chi connectivity index (χ1) is 12.0. The van der Waals surface area contributed by atoms with Crippen molar-refractivity contribution in [2.75, 3.05) is 14.2 Å². The van der Waals surface area contributed by atoms with Gasteiger partial charge in [-0.15, -0.1) is 0 Å². The summed E-state index contributed by atoms with van der Waals surface area (Å²) in [5, 5.41) is 1.19. The zero-order valence-electron chi connectivity index (χ0n) is 13.8. The molecule has 0 spiro atoms. The van der Waals surface area contributed by atoms with E-state index in [0.717, 1.165) is 5.56 Å². The topological polar surface area (TPSA) is 56.2 Å². The molecule has 1 aromatic heterocycles. The molecule has 0 bridgehead atoms. The molecule has 0 saturated heterocycles. The molecule has 0 atom stereocenters. The Balaban J connectivity index is 2.02. The van der Waals surface area contributed by atoms with Crippen LogP contribution in [0.25, 0.3) is 10.9 Å². The van der Waals surface area contributed by atoms with E-state index in [4.69, 9.17) is 33.3 Å². The summed E-state index contributed by atoms with van der Waals surface area (Å²) >= 11 is 11.3. The molecule has 5 nitrogen and oxygen atoms in total. The number of H-pyrrole nitrogens is 1. The highest BCUT2D eigenvalue weighted by Crippen LogP contribution is 2.29. The van der Waals surface area contributed by atoms with Crippen LogP contribution in [0.4, 0.5) is 0 Å². The fourth-order valence-corrected chi connectivity index (χ4v) is 3.08. The Bertz CT molecular complexity index is 1030. The predicted molar refractivity (Wildman–Crippen MR) is 102 cm³/mol. The second kappa shape index (κ2) is 7.29. The number of fused-ring (bicyclic) bond motifs is 1. The van der Waals surface area contributed by atoms with E-state index in [9.17, 15) is 4.79 Å². The van der Waals surface area contributed by atoms with E-state index in [1.54, 1.807) is 23.8 Å². The largest absolute Gasteiger partial charge is 0.493 e. The summed E-state index contributed by atoms with van der Waals surface area (Å²) in [6, 6.07) is 10.9. The normalized spacial score (nSPS) is 10.8. The molecular weight excluding hydrogens is 360 g/mol. The Labute approximate surface area is 154 Å². The quantitative estimate of drug-likeness (QED) is 0.684. The van der Waals surface area contributed by atoms with Gasteiger partial charge in [-0.3, -0.25) is 9.36 Å². The van der Waals surface area contributed by atoms with Crippen LogP contribution in [0, 0.1) is 4.77 Å². The Morgan fingerprint density at radius 1 is 1.12 bits per heavy atom. The van der Waals surface area contributed by atoms with Crippen LogP contribution in [0.15, 0.2) is 41.2 Å². The molecule has 25 heavy (non-hydrogen) atoms. The minimum absolute atomic E-state index is 0.159. The Hall–Kier alpha value is -2.31. The van der Waals surface area contributed by atoms with Crippen molar-refractivity contribution in [2.24, 2.45) is 0 Å². The monoisotopic (exact) mass is 376 g/mol. The first-order valence-corrected chi connectivity index (χ1v) is 8.45. The molecule has 3 aromatic rings. The first-order valence-electron chi connectivity index (χ1n) is 7.67. The van der Waals surface area contributed by atoms with Crippen LogP contribution in [0.2, 0.25) is 5.02 Å². The predicted octanol–water partition coefficient (Wildman–Crippen LogP) is 3.97. The number of aromatic nitrogens is 2. The van der Waals surface area contributed by atoms with E-state index in [2.05, 4.69) is 4.98 Å². The molecule has 1 N–H and O–H groups in total. The summed E-state index contributed by atoms with van der Waals surface area (Å²) in [6.07, 6.45) is 0.674. The van der Waals surface area contributed by atoms with Crippen molar-refractivity contribution in [1.82, 2.24) is 9.55 Å². The number of aryl methyl sites for hydroxylation is 1. The van der Waals surface area contributed by atoms with Gasteiger partial charge in [-0.25, -0.2) is 0 Å². The number of methoxy groups -OCH3 is 2. The standard InChI is InChI=1S/C18H17ClN2O3S/c1-23-15-9-13-14(10-16(15)24-2)20-18(25)21(17(13)22)8-7-11-3-5-12(19)6-4-11/h3-6,9-10H,7-8H2,1-2H3,(H,20,25). The second-order valence-electron chi connectivity index (χ2n) is 5.52. The summed E-state index contributed by atoms with van der Waals surface area (Å²) in [7, 11) is 3.08. The number of benzene rings is 2. The molecule has 0 amide bonds. The van der Waals surface area contributed by atoms with E-state index in [0.29, 0.717) is 45.2 Å². The molecule has 0 saturated carbocycles. The highest BCUT2D eigenvalue weighted by molar-refractivity contribution is 7.71. The van der Waals surface area contributed by atoms with Crippen molar-refractivity contribution in [2.45, 2.75) is 13.0 Å². The SMILES string of the molecule is COc1cc2[nH]c(=S)n(CCc3ccc(Cl)cc3)c(=O)c2cc1OC. The lowest BCUT2D eigenvalue weighted by Gasteiger charge is -2.11. The van der Waals surface area contributed by atoms with Crippen molar-refractivity contribution in [3.05, 3.63) is 62.1 Å². The average Bonchev–Trinajstić information content (AvgIpc) is 2.62. The van der Waals surface area contributed by atoms with Crippen LogP contribution in [0.1, 0.15) is 5.56 Å². The van der Waals surface area contributed by atoms with Gasteiger partial charge in [0.1, 0.15) is 0 Å². The zero-order valence-corrected chi connectivity index (χ0v) is 15.4. The van der Waals surface area contributed by atoms with Gasteiger partial charge in [-0.1, -0.05) is 23.7 Å². The molecule has 2 aromatic carbocycles. The first kappa shape index (κ1) is 17.5. The zero-order chi connectivity index (χ0) is 18.0. The number of nitrogens with one attached hydrogen (secondary N) is 1. The van der Waals surface area contributed by atoms with E-state index >= 15 is 0 Å². The van der Waals surface area contributed by atoms with E-state index in [-0.39, 0.29) is 5.56 Å². The molecular formula is C18H17ClN2O3S. The van der Waals surface area contributed by atoms with Gasteiger partial charge < -0.3 is 14.5 Å². The van der Waals surface area contributed by atoms with Crippen molar-refractivity contribution < 1.29 is 9.47 Å². The van der Waals surface area contributed by atoms with Crippen molar-refractivity contribution in [3.63, 3.8) is 0 Å². The van der Waals surface area contributed by atoms with Crippen LogP contribution in [0.5, 0.6) is 11.5 Å². The minimum atomic E-state index is -0.159. The summed E-state index contributed by atoms with van der Waals surface area (Å²) in [5.41, 5.74) is 1.54. The number of nitrogens with zero attached hydrogens (tertiary/aromatic N) is 1. The molecule has 0 aliphatic carbocycles. The number of hydrogen-bond acceptors (Lipinski definition) is 4. The number of hydrogen-bond donors (Lipinski definition) is 1. The molecule has 3 rings (SSSR count). The lowest BCUT2D eigenvalue weighted by Crippen LogP contribution is -2.23. The number of halogens is 1. The van der Waals surface area contributed by atoms with Gasteiger partial charge >= 0.3 is 0 Å². The third-order valence-corrected chi connectivity index (χ3v) is 4.60. The van der Waals surface area contributed by atoms with Crippen LogP contribution in [0.3, 0.4) is 0 Å². The average molecular weight is 377 g/mol. The third-order valence-electron chi connectivity index (χ3n) is 4.02. The lowest BCUT2D eigenvalue weighted by molar-refractivity contribution is 0.355. The maximum atomic E-state index is 12.9.